The number of ether oxygens (including phenoxy) is 1. The number of urea groups is 1. The molecule has 0 aliphatic rings. The van der Waals surface area contributed by atoms with Crippen LogP contribution in [0.15, 0.2) is 24.3 Å². The monoisotopic (exact) mass is 349 g/mol. The highest BCUT2D eigenvalue weighted by atomic mass is 16.5. The maximum Gasteiger partial charge on any atom is 0.319 e. The molecule has 2 amide bonds. The maximum absolute atomic E-state index is 12.1. The Morgan fingerprint density at radius 3 is 2.40 bits per heavy atom. The maximum atomic E-state index is 12.1. The van der Waals surface area contributed by atoms with Crippen molar-refractivity contribution in [1.82, 2.24) is 10.2 Å². The van der Waals surface area contributed by atoms with Crippen LogP contribution < -0.4 is 15.4 Å². The van der Waals surface area contributed by atoms with Crippen molar-refractivity contribution in [2.45, 2.75) is 59.4 Å². The molecule has 5 nitrogen and oxygen atoms in total. The number of unbranched alkanes of at least 4 members (excludes halogenated alkanes) is 1. The first-order valence-electron chi connectivity index (χ1n) is 9.61. The van der Waals surface area contributed by atoms with Crippen molar-refractivity contribution in [3.8, 4) is 5.75 Å². The number of amides is 2. The van der Waals surface area contributed by atoms with Crippen molar-refractivity contribution >= 4 is 11.7 Å². The van der Waals surface area contributed by atoms with Crippen molar-refractivity contribution < 1.29 is 9.53 Å². The fraction of sp³-hybridized carbons (Fsp3) is 0.650. The second-order valence-electron chi connectivity index (χ2n) is 6.40. The van der Waals surface area contributed by atoms with Crippen molar-refractivity contribution in [1.29, 1.82) is 0 Å². The van der Waals surface area contributed by atoms with Crippen LogP contribution in [-0.2, 0) is 0 Å². The van der Waals surface area contributed by atoms with Gasteiger partial charge in [0.1, 0.15) is 5.75 Å². The summed E-state index contributed by atoms with van der Waals surface area (Å²) < 4.78 is 5.62. The number of benzene rings is 1. The molecule has 1 atom stereocenters. The molecular formula is C20H35N3O2. The topological polar surface area (TPSA) is 53.6 Å². The summed E-state index contributed by atoms with van der Waals surface area (Å²) in [6.07, 6.45) is 4.24. The fourth-order valence-corrected chi connectivity index (χ4v) is 2.59. The molecule has 0 aliphatic heterocycles. The summed E-state index contributed by atoms with van der Waals surface area (Å²) >= 11 is 0. The number of anilines is 1. The van der Waals surface area contributed by atoms with Crippen LogP contribution in [0.25, 0.3) is 0 Å². The molecule has 1 unspecified atom stereocenters. The Bertz CT molecular complexity index is 472. The van der Waals surface area contributed by atoms with E-state index in [0.717, 1.165) is 63.4 Å². The molecule has 25 heavy (non-hydrogen) atoms. The van der Waals surface area contributed by atoms with E-state index < -0.39 is 0 Å². The zero-order chi connectivity index (χ0) is 18.5. The number of nitrogens with zero attached hydrogens (tertiary/aromatic N) is 1. The van der Waals surface area contributed by atoms with E-state index >= 15 is 0 Å². The summed E-state index contributed by atoms with van der Waals surface area (Å²) in [6, 6.07) is 7.51. The number of hydrogen-bond acceptors (Lipinski definition) is 3. The second-order valence-corrected chi connectivity index (χ2v) is 6.40. The molecule has 1 rings (SSSR count). The summed E-state index contributed by atoms with van der Waals surface area (Å²) in [5, 5.41) is 5.87. The molecule has 142 valence electrons. The van der Waals surface area contributed by atoms with E-state index in [4.69, 9.17) is 4.74 Å². The van der Waals surface area contributed by atoms with E-state index in [0.29, 0.717) is 0 Å². The van der Waals surface area contributed by atoms with Crippen LogP contribution in [0, 0.1) is 0 Å². The van der Waals surface area contributed by atoms with Gasteiger partial charge in [-0.3, -0.25) is 0 Å². The van der Waals surface area contributed by atoms with Gasteiger partial charge in [0.2, 0.25) is 0 Å². The molecule has 0 saturated heterocycles. The third-order valence-electron chi connectivity index (χ3n) is 4.26. The van der Waals surface area contributed by atoms with Gasteiger partial charge in [-0.15, -0.1) is 0 Å². The molecule has 2 N–H and O–H groups in total. The van der Waals surface area contributed by atoms with Crippen LogP contribution in [0.3, 0.4) is 0 Å². The minimum Gasteiger partial charge on any atom is -0.494 e. The third-order valence-corrected chi connectivity index (χ3v) is 4.26. The molecule has 0 bridgehead atoms. The largest absolute Gasteiger partial charge is 0.494 e. The number of hydrogen-bond donors (Lipinski definition) is 2. The van der Waals surface area contributed by atoms with Gasteiger partial charge in [-0.05, 0) is 70.1 Å². The summed E-state index contributed by atoms with van der Waals surface area (Å²) in [4.78, 5) is 14.5. The number of nitrogens with one attached hydrogen (secondary N) is 2. The van der Waals surface area contributed by atoms with Crippen molar-refractivity contribution in [2.75, 3.05) is 31.6 Å². The molecule has 0 heterocycles. The lowest BCUT2D eigenvalue weighted by Gasteiger charge is -2.20. The lowest BCUT2D eigenvalue weighted by atomic mass is 10.2. The number of rotatable bonds is 12. The van der Waals surface area contributed by atoms with E-state index in [1.54, 1.807) is 0 Å². The van der Waals surface area contributed by atoms with Gasteiger partial charge in [0.25, 0.3) is 0 Å². The predicted octanol–water partition coefficient (Wildman–Crippen LogP) is 4.50. The first-order chi connectivity index (χ1) is 12.1. The average Bonchev–Trinajstić information content (AvgIpc) is 2.60. The van der Waals surface area contributed by atoms with Crippen molar-refractivity contribution in [2.24, 2.45) is 0 Å². The minimum atomic E-state index is -0.157. The SMILES string of the molecule is CCCCOc1ccc(NC(=O)NC(C)CCCN(CC)CC)cc1. The van der Waals surface area contributed by atoms with Gasteiger partial charge in [-0.2, -0.15) is 0 Å². The molecule has 0 aromatic heterocycles. The van der Waals surface area contributed by atoms with Gasteiger partial charge >= 0.3 is 6.03 Å². The zero-order valence-electron chi connectivity index (χ0n) is 16.3. The van der Waals surface area contributed by atoms with Crippen LogP contribution in [-0.4, -0.2) is 43.2 Å². The van der Waals surface area contributed by atoms with Gasteiger partial charge in [0.05, 0.1) is 6.61 Å². The quantitative estimate of drug-likeness (QED) is 0.546. The van der Waals surface area contributed by atoms with Crippen LogP contribution in [0.5, 0.6) is 5.75 Å². The molecule has 5 heteroatoms. The molecule has 0 fully saturated rings. The Morgan fingerprint density at radius 2 is 1.80 bits per heavy atom. The Hall–Kier alpha value is -1.75. The predicted molar refractivity (Wildman–Crippen MR) is 105 cm³/mol. The van der Waals surface area contributed by atoms with Crippen LogP contribution in [0.4, 0.5) is 10.5 Å². The molecule has 0 radical (unpaired) electrons. The molecule has 0 spiro atoms. The van der Waals surface area contributed by atoms with Crippen LogP contribution in [0.2, 0.25) is 0 Å². The molecule has 1 aromatic rings. The minimum absolute atomic E-state index is 0.157. The van der Waals surface area contributed by atoms with E-state index in [2.05, 4.69) is 36.3 Å². The van der Waals surface area contributed by atoms with E-state index in [1.165, 1.54) is 0 Å². The van der Waals surface area contributed by atoms with E-state index in [1.807, 2.05) is 31.2 Å². The first-order valence-corrected chi connectivity index (χ1v) is 9.61. The van der Waals surface area contributed by atoms with Gasteiger partial charge in [-0.25, -0.2) is 4.79 Å². The first kappa shape index (κ1) is 21.3. The number of carbonyl (C=O) groups excluding carboxylic acids is 1. The standard InChI is InChI=1S/C20H35N3O2/c1-5-8-16-25-19-13-11-18(12-14-19)22-20(24)21-17(4)10-9-15-23(6-2)7-3/h11-14,17H,5-10,15-16H2,1-4H3,(H2,21,22,24). The highest BCUT2D eigenvalue weighted by molar-refractivity contribution is 5.89. The van der Waals surface area contributed by atoms with E-state index in [9.17, 15) is 4.79 Å². The van der Waals surface area contributed by atoms with Gasteiger partial charge in [0, 0.05) is 11.7 Å². The number of carbonyl (C=O) groups is 1. The van der Waals surface area contributed by atoms with Crippen LogP contribution in [0.1, 0.15) is 53.4 Å². The van der Waals surface area contributed by atoms with Crippen LogP contribution >= 0.6 is 0 Å². The highest BCUT2D eigenvalue weighted by Gasteiger charge is 2.08. The summed E-state index contributed by atoms with van der Waals surface area (Å²) in [5.41, 5.74) is 0.774. The Morgan fingerprint density at radius 1 is 1.12 bits per heavy atom. The summed E-state index contributed by atoms with van der Waals surface area (Å²) in [5.74, 6) is 0.837. The zero-order valence-corrected chi connectivity index (χ0v) is 16.3. The molecule has 1 aromatic carbocycles. The molecule has 0 aliphatic carbocycles. The average molecular weight is 350 g/mol. The lowest BCUT2D eigenvalue weighted by molar-refractivity contribution is 0.247. The fourth-order valence-electron chi connectivity index (χ4n) is 2.59. The smallest absolute Gasteiger partial charge is 0.319 e. The summed E-state index contributed by atoms with van der Waals surface area (Å²) in [7, 11) is 0. The third kappa shape index (κ3) is 9.34. The Kier molecular flexibility index (Phi) is 10.7. The lowest BCUT2D eigenvalue weighted by Crippen LogP contribution is -2.36. The molecular weight excluding hydrogens is 314 g/mol. The van der Waals surface area contributed by atoms with Gasteiger partial charge in [0.15, 0.2) is 0 Å². The normalized spacial score (nSPS) is 12.0. The van der Waals surface area contributed by atoms with Crippen molar-refractivity contribution in [3.63, 3.8) is 0 Å². The molecule has 0 saturated carbocycles. The Labute approximate surface area is 153 Å². The summed E-state index contributed by atoms with van der Waals surface area (Å²) in [6.45, 7) is 12.5. The van der Waals surface area contributed by atoms with Crippen molar-refractivity contribution in [3.05, 3.63) is 24.3 Å². The van der Waals surface area contributed by atoms with Gasteiger partial charge in [-0.1, -0.05) is 27.2 Å². The van der Waals surface area contributed by atoms with E-state index in [-0.39, 0.29) is 12.1 Å². The highest BCUT2D eigenvalue weighted by Crippen LogP contribution is 2.16. The van der Waals surface area contributed by atoms with Gasteiger partial charge < -0.3 is 20.3 Å². The Balaban J connectivity index is 2.28. The second kappa shape index (κ2) is 12.6.